The minimum atomic E-state index is 0. The topological polar surface area (TPSA) is 0 Å². The third-order valence-electron chi connectivity index (χ3n) is 4.82. The monoisotopic (exact) mass is 343 g/mol. The summed E-state index contributed by atoms with van der Waals surface area (Å²) in [5.41, 5.74) is 2.75. The van der Waals surface area contributed by atoms with E-state index in [4.69, 9.17) is 0 Å². The number of benzene rings is 2. The van der Waals surface area contributed by atoms with Crippen LogP contribution in [0.5, 0.6) is 0 Å². The highest BCUT2D eigenvalue weighted by Crippen LogP contribution is 2.16. The highest BCUT2D eigenvalue weighted by Gasteiger charge is 2.22. The van der Waals surface area contributed by atoms with Crippen LogP contribution in [0.25, 0.3) is 6.08 Å². The van der Waals surface area contributed by atoms with Crippen molar-refractivity contribution in [2.45, 2.75) is 33.2 Å². The van der Waals surface area contributed by atoms with E-state index in [-0.39, 0.29) is 12.4 Å². The summed E-state index contributed by atoms with van der Waals surface area (Å²) in [6.45, 7) is 9.46. The Morgan fingerprint density at radius 1 is 0.833 bits per heavy atom. The largest absolute Gasteiger partial charge is 1.00 e. The van der Waals surface area contributed by atoms with Crippen LogP contribution in [0.3, 0.4) is 0 Å². The molecule has 0 atom stereocenters. The molecule has 0 N–H and O–H groups in total. The second-order valence-corrected chi connectivity index (χ2v) is 6.30. The molecule has 0 aromatic heterocycles. The van der Waals surface area contributed by atoms with Crippen molar-refractivity contribution < 1.29 is 16.9 Å². The van der Waals surface area contributed by atoms with Gasteiger partial charge in [0, 0.05) is 12.0 Å². The van der Waals surface area contributed by atoms with Gasteiger partial charge in [0.15, 0.2) is 0 Å². The standard InChI is InChI=1S/C22H30N.ClH/c1-3-23(4-2,20-22-17-10-6-11-18-22)19-13-7-12-16-21-14-8-5-9-15-21;/h5-6,8-12,14-18H,3-4,7,13,19-20H2,1-2H3;1H/q+1;/p-1. The van der Waals surface area contributed by atoms with Crippen molar-refractivity contribution in [2.24, 2.45) is 0 Å². The molecule has 0 bridgehead atoms. The van der Waals surface area contributed by atoms with E-state index >= 15 is 0 Å². The smallest absolute Gasteiger partial charge is 0.104 e. The molecule has 0 saturated carbocycles. The predicted octanol–water partition coefficient (Wildman–Crippen LogP) is 2.54. The van der Waals surface area contributed by atoms with Gasteiger partial charge in [0.25, 0.3) is 0 Å². The fraction of sp³-hybridized carbons (Fsp3) is 0.364. The molecule has 0 fully saturated rings. The Hall–Kier alpha value is -1.57. The highest BCUT2D eigenvalue weighted by atomic mass is 35.5. The summed E-state index contributed by atoms with van der Waals surface area (Å²) in [4.78, 5) is 0. The molecule has 2 aromatic rings. The van der Waals surface area contributed by atoms with Crippen molar-refractivity contribution in [2.75, 3.05) is 19.6 Å². The molecule has 24 heavy (non-hydrogen) atoms. The molecule has 2 heteroatoms. The van der Waals surface area contributed by atoms with Gasteiger partial charge in [-0.3, -0.25) is 0 Å². The van der Waals surface area contributed by atoms with Gasteiger partial charge in [-0.1, -0.05) is 72.8 Å². The fourth-order valence-electron chi connectivity index (χ4n) is 3.14. The van der Waals surface area contributed by atoms with E-state index in [9.17, 15) is 0 Å². The average Bonchev–Trinajstić information content (AvgIpc) is 2.62. The van der Waals surface area contributed by atoms with Gasteiger partial charge in [0.1, 0.15) is 6.54 Å². The Bertz CT molecular complexity index is 573. The van der Waals surface area contributed by atoms with Gasteiger partial charge in [0.05, 0.1) is 19.6 Å². The van der Waals surface area contributed by atoms with E-state index < -0.39 is 0 Å². The Balaban J connectivity index is 0.00000288. The van der Waals surface area contributed by atoms with Crippen molar-refractivity contribution in [3.8, 4) is 0 Å². The molecule has 0 unspecified atom stereocenters. The summed E-state index contributed by atoms with van der Waals surface area (Å²) in [6.07, 6.45) is 6.96. The van der Waals surface area contributed by atoms with Crippen LogP contribution < -0.4 is 12.4 Å². The molecule has 0 spiro atoms. The van der Waals surface area contributed by atoms with Gasteiger partial charge in [-0.15, -0.1) is 0 Å². The SMILES string of the molecule is CC[N+](CC)(CCCC=Cc1ccccc1)Cc1ccccc1.[Cl-]. The lowest BCUT2D eigenvalue weighted by atomic mass is 10.1. The van der Waals surface area contributed by atoms with Crippen LogP contribution in [-0.2, 0) is 6.54 Å². The minimum Gasteiger partial charge on any atom is -1.00 e. The van der Waals surface area contributed by atoms with E-state index in [1.54, 1.807) is 0 Å². The summed E-state index contributed by atoms with van der Waals surface area (Å²) in [7, 11) is 0. The number of nitrogens with zero attached hydrogens (tertiary/aromatic N) is 1. The van der Waals surface area contributed by atoms with Crippen LogP contribution in [0.2, 0.25) is 0 Å². The van der Waals surface area contributed by atoms with E-state index in [1.165, 1.54) is 41.7 Å². The predicted molar refractivity (Wildman–Crippen MR) is 101 cm³/mol. The van der Waals surface area contributed by atoms with Crippen LogP contribution in [-0.4, -0.2) is 24.1 Å². The first kappa shape index (κ1) is 20.5. The molecule has 0 amide bonds. The van der Waals surface area contributed by atoms with E-state index in [2.05, 4.69) is 86.7 Å². The zero-order valence-corrected chi connectivity index (χ0v) is 15.8. The Morgan fingerprint density at radius 3 is 2.00 bits per heavy atom. The molecule has 0 saturated heterocycles. The maximum absolute atomic E-state index is 2.33. The first-order valence-corrected chi connectivity index (χ1v) is 8.88. The fourth-order valence-corrected chi connectivity index (χ4v) is 3.14. The number of unbranched alkanes of at least 4 members (excludes halogenated alkanes) is 1. The van der Waals surface area contributed by atoms with Gasteiger partial charge < -0.3 is 16.9 Å². The molecule has 0 aliphatic carbocycles. The number of hydrogen-bond donors (Lipinski definition) is 0. The zero-order chi connectivity index (χ0) is 16.4. The summed E-state index contributed by atoms with van der Waals surface area (Å²) < 4.78 is 1.18. The molecule has 130 valence electrons. The van der Waals surface area contributed by atoms with Crippen molar-refractivity contribution >= 4 is 6.08 Å². The van der Waals surface area contributed by atoms with E-state index in [1.807, 2.05) is 0 Å². The Kier molecular flexibility index (Phi) is 9.44. The van der Waals surface area contributed by atoms with Gasteiger partial charge in [0.2, 0.25) is 0 Å². The Labute approximate surface area is 154 Å². The summed E-state index contributed by atoms with van der Waals surface area (Å²) in [5.74, 6) is 0. The van der Waals surface area contributed by atoms with Crippen LogP contribution >= 0.6 is 0 Å². The van der Waals surface area contributed by atoms with Crippen molar-refractivity contribution in [3.63, 3.8) is 0 Å². The number of rotatable bonds is 9. The van der Waals surface area contributed by atoms with Gasteiger partial charge in [-0.2, -0.15) is 0 Å². The van der Waals surface area contributed by atoms with Crippen LogP contribution in [0.4, 0.5) is 0 Å². The first-order valence-electron chi connectivity index (χ1n) is 8.88. The molecular formula is C22H30ClN. The lowest BCUT2D eigenvalue weighted by Gasteiger charge is -2.37. The van der Waals surface area contributed by atoms with Crippen molar-refractivity contribution in [3.05, 3.63) is 77.9 Å². The zero-order valence-electron chi connectivity index (χ0n) is 15.0. The van der Waals surface area contributed by atoms with Crippen LogP contribution in [0.1, 0.15) is 37.8 Å². The molecule has 2 rings (SSSR count). The minimum absolute atomic E-state index is 0. The average molecular weight is 344 g/mol. The van der Waals surface area contributed by atoms with E-state index in [0.29, 0.717) is 0 Å². The van der Waals surface area contributed by atoms with Gasteiger partial charge in [-0.05, 0) is 25.8 Å². The van der Waals surface area contributed by atoms with Crippen molar-refractivity contribution in [1.82, 2.24) is 0 Å². The molecule has 1 nitrogen and oxygen atoms in total. The molecular weight excluding hydrogens is 314 g/mol. The van der Waals surface area contributed by atoms with Crippen molar-refractivity contribution in [1.29, 1.82) is 0 Å². The molecule has 2 aromatic carbocycles. The van der Waals surface area contributed by atoms with Crippen LogP contribution in [0, 0.1) is 0 Å². The maximum Gasteiger partial charge on any atom is 0.104 e. The molecule has 0 radical (unpaired) electrons. The number of halogens is 1. The second kappa shape index (κ2) is 11.1. The molecule has 0 aliphatic rings. The van der Waals surface area contributed by atoms with Gasteiger partial charge >= 0.3 is 0 Å². The number of quaternary nitrogens is 1. The third-order valence-corrected chi connectivity index (χ3v) is 4.82. The number of allylic oxidation sites excluding steroid dienone is 1. The summed E-state index contributed by atoms with van der Waals surface area (Å²) in [6, 6.07) is 21.5. The maximum atomic E-state index is 2.33. The lowest BCUT2D eigenvalue weighted by Crippen LogP contribution is -3.00. The number of hydrogen-bond acceptors (Lipinski definition) is 0. The summed E-state index contributed by atoms with van der Waals surface area (Å²) >= 11 is 0. The summed E-state index contributed by atoms with van der Waals surface area (Å²) in [5, 5.41) is 0. The van der Waals surface area contributed by atoms with Gasteiger partial charge in [-0.25, -0.2) is 0 Å². The molecule has 0 aliphatic heterocycles. The normalized spacial score (nSPS) is 11.4. The second-order valence-electron chi connectivity index (χ2n) is 6.30. The first-order chi connectivity index (χ1) is 11.3. The quantitative estimate of drug-likeness (QED) is 0.485. The molecule has 0 heterocycles. The van der Waals surface area contributed by atoms with E-state index in [0.717, 1.165) is 13.0 Å². The van der Waals surface area contributed by atoms with Crippen LogP contribution in [0.15, 0.2) is 66.7 Å². The Morgan fingerprint density at radius 2 is 1.42 bits per heavy atom. The third kappa shape index (κ3) is 6.51. The highest BCUT2D eigenvalue weighted by molar-refractivity contribution is 5.48. The lowest BCUT2D eigenvalue weighted by molar-refractivity contribution is -0.937.